The Morgan fingerprint density at radius 1 is 1.25 bits per heavy atom. The average molecular weight is 270 g/mol. The molecule has 0 aromatic heterocycles. The van der Waals surface area contributed by atoms with Gasteiger partial charge in [-0.15, -0.1) is 0 Å². The largest absolute Gasteiger partial charge is 0.478 e. The highest BCUT2D eigenvalue weighted by atomic mass is 16.4. The number of hydrogen-bond donors (Lipinski definition) is 3. The first kappa shape index (κ1) is 13.9. The maximum atomic E-state index is 10.8. The first-order valence-electron chi connectivity index (χ1n) is 6.49. The van der Waals surface area contributed by atoms with Crippen molar-refractivity contribution >= 4 is 17.3 Å². The fourth-order valence-electron chi connectivity index (χ4n) is 2.02. The van der Waals surface area contributed by atoms with E-state index in [0.717, 1.165) is 12.2 Å². The van der Waals surface area contributed by atoms with Gasteiger partial charge < -0.3 is 16.2 Å². The van der Waals surface area contributed by atoms with Crippen LogP contribution in [-0.2, 0) is 0 Å². The third-order valence-electron chi connectivity index (χ3n) is 3.27. The summed E-state index contributed by atoms with van der Waals surface area (Å²) in [5.41, 5.74) is 8.52. The van der Waals surface area contributed by atoms with E-state index in [4.69, 9.17) is 10.8 Å². The number of nitrogens with two attached hydrogens (primary N) is 1. The number of carboxylic acid groups (broad SMARTS) is 1. The van der Waals surface area contributed by atoms with E-state index in [9.17, 15) is 4.79 Å². The lowest BCUT2D eigenvalue weighted by Crippen LogP contribution is -2.11. The lowest BCUT2D eigenvalue weighted by atomic mass is 10.0. The van der Waals surface area contributed by atoms with E-state index in [1.165, 1.54) is 11.6 Å². The van der Waals surface area contributed by atoms with Crippen LogP contribution >= 0.6 is 0 Å². The van der Waals surface area contributed by atoms with E-state index >= 15 is 0 Å². The molecule has 2 rings (SSSR count). The molecule has 20 heavy (non-hydrogen) atoms. The van der Waals surface area contributed by atoms with Crippen LogP contribution in [0.4, 0.5) is 11.4 Å². The Bertz CT molecular complexity index is 597. The van der Waals surface area contributed by atoms with E-state index in [0.29, 0.717) is 11.6 Å². The van der Waals surface area contributed by atoms with Gasteiger partial charge in [0.1, 0.15) is 0 Å². The number of benzene rings is 2. The van der Waals surface area contributed by atoms with Crippen LogP contribution in [0.25, 0.3) is 0 Å². The summed E-state index contributed by atoms with van der Waals surface area (Å²) in [5, 5.41) is 12.2. The molecular formula is C16H18N2O2. The van der Waals surface area contributed by atoms with E-state index < -0.39 is 5.97 Å². The van der Waals surface area contributed by atoms with Crippen LogP contribution in [0.3, 0.4) is 0 Å². The van der Waals surface area contributed by atoms with Gasteiger partial charge >= 0.3 is 5.97 Å². The van der Waals surface area contributed by atoms with Gasteiger partial charge in [-0.05, 0) is 29.7 Å². The molecule has 1 unspecified atom stereocenters. The Morgan fingerprint density at radius 3 is 2.55 bits per heavy atom. The van der Waals surface area contributed by atoms with Crippen molar-refractivity contribution in [3.05, 3.63) is 59.7 Å². The van der Waals surface area contributed by atoms with Gasteiger partial charge in [-0.2, -0.15) is 0 Å². The van der Waals surface area contributed by atoms with Gasteiger partial charge in [0, 0.05) is 6.54 Å². The lowest BCUT2D eigenvalue weighted by Gasteiger charge is -2.15. The molecule has 2 aromatic rings. The standard InChI is InChI=1S/C16H18N2O2/c1-11(12-5-3-2-4-6-12)10-18-15-8-7-13(16(19)20)9-14(15)17/h2-9,11,18H,10,17H2,1H3,(H,19,20). The molecule has 0 heterocycles. The Labute approximate surface area is 118 Å². The number of rotatable bonds is 5. The SMILES string of the molecule is CC(CNc1ccc(C(=O)O)cc1N)c1ccccc1. The summed E-state index contributed by atoms with van der Waals surface area (Å²) >= 11 is 0. The van der Waals surface area contributed by atoms with Crippen LogP contribution in [-0.4, -0.2) is 17.6 Å². The number of nitrogens with one attached hydrogen (secondary N) is 1. The van der Waals surface area contributed by atoms with Gasteiger partial charge in [0.05, 0.1) is 16.9 Å². The van der Waals surface area contributed by atoms with Gasteiger partial charge in [0.25, 0.3) is 0 Å². The van der Waals surface area contributed by atoms with E-state index in [1.807, 2.05) is 18.2 Å². The molecule has 2 aromatic carbocycles. The third-order valence-corrected chi connectivity index (χ3v) is 3.27. The minimum Gasteiger partial charge on any atom is -0.478 e. The second-order valence-electron chi connectivity index (χ2n) is 4.80. The smallest absolute Gasteiger partial charge is 0.335 e. The first-order chi connectivity index (χ1) is 9.58. The highest BCUT2D eigenvalue weighted by Crippen LogP contribution is 2.22. The quantitative estimate of drug-likeness (QED) is 0.729. The molecule has 0 bridgehead atoms. The zero-order valence-electron chi connectivity index (χ0n) is 11.3. The van der Waals surface area contributed by atoms with Gasteiger partial charge in [-0.25, -0.2) is 4.79 Å². The summed E-state index contributed by atoms with van der Waals surface area (Å²) in [6.45, 7) is 2.87. The molecule has 4 nitrogen and oxygen atoms in total. The Hall–Kier alpha value is -2.49. The van der Waals surface area contributed by atoms with Crippen molar-refractivity contribution in [3.63, 3.8) is 0 Å². The number of anilines is 2. The van der Waals surface area contributed by atoms with Gasteiger partial charge in [-0.3, -0.25) is 0 Å². The van der Waals surface area contributed by atoms with Crippen LogP contribution in [0.1, 0.15) is 28.8 Å². The molecule has 104 valence electrons. The van der Waals surface area contributed by atoms with Gasteiger partial charge in [0.15, 0.2) is 0 Å². The van der Waals surface area contributed by atoms with Crippen LogP contribution < -0.4 is 11.1 Å². The molecule has 0 aliphatic carbocycles. The molecule has 0 aliphatic heterocycles. The maximum Gasteiger partial charge on any atom is 0.335 e. The van der Waals surface area contributed by atoms with E-state index in [-0.39, 0.29) is 5.56 Å². The molecule has 1 atom stereocenters. The van der Waals surface area contributed by atoms with E-state index in [1.54, 1.807) is 12.1 Å². The summed E-state index contributed by atoms with van der Waals surface area (Å²) in [5.74, 6) is -0.629. The highest BCUT2D eigenvalue weighted by Gasteiger charge is 2.08. The summed E-state index contributed by atoms with van der Waals surface area (Å²) < 4.78 is 0. The summed E-state index contributed by atoms with van der Waals surface area (Å²) in [6.07, 6.45) is 0. The summed E-state index contributed by atoms with van der Waals surface area (Å²) in [4.78, 5) is 10.8. The topological polar surface area (TPSA) is 75.3 Å². The van der Waals surface area contributed by atoms with Crippen molar-refractivity contribution in [1.82, 2.24) is 0 Å². The predicted molar refractivity (Wildman–Crippen MR) is 81.2 cm³/mol. The molecular weight excluding hydrogens is 252 g/mol. The normalized spacial score (nSPS) is 11.8. The fraction of sp³-hybridized carbons (Fsp3) is 0.188. The summed E-state index contributed by atoms with van der Waals surface area (Å²) in [6, 6.07) is 14.9. The Balaban J connectivity index is 2.02. The molecule has 4 heteroatoms. The molecule has 0 aliphatic rings. The average Bonchev–Trinajstić information content (AvgIpc) is 2.46. The third kappa shape index (κ3) is 3.29. The molecule has 0 saturated carbocycles. The van der Waals surface area contributed by atoms with Crippen molar-refractivity contribution < 1.29 is 9.90 Å². The minimum absolute atomic E-state index is 0.198. The molecule has 0 spiro atoms. The van der Waals surface area contributed by atoms with E-state index in [2.05, 4.69) is 24.4 Å². The molecule has 4 N–H and O–H groups in total. The zero-order valence-corrected chi connectivity index (χ0v) is 11.3. The van der Waals surface area contributed by atoms with Crippen molar-refractivity contribution in [3.8, 4) is 0 Å². The second-order valence-corrected chi connectivity index (χ2v) is 4.80. The fourth-order valence-corrected chi connectivity index (χ4v) is 2.02. The van der Waals surface area contributed by atoms with Crippen molar-refractivity contribution in [2.75, 3.05) is 17.6 Å². The predicted octanol–water partition coefficient (Wildman–Crippen LogP) is 3.18. The van der Waals surface area contributed by atoms with Crippen LogP contribution in [0.2, 0.25) is 0 Å². The molecule has 0 fully saturated rings. The highest BCUT2D eigenvalue weighted by molar-refractivity contribution is 5.90. The number of aromatic carboxylic acids is 1. The molecule has 0 amide bonds. The number of carboxylic acids is 1. The number of hydrogen-bond acceptors (Lipinski definition) is 3. The van der Waals surface area contributed by atoms with Crippen LogP contribution in [0, 0.1) is 0 Å². The first-order valence-corrected chi connectivity index (χ1v) is 6.49. The number of nitrogen functional groups attached to an aromatic ring is 1. The van der Waals surface area contributed by atoms with Gasteiger partial charge in [0.2, 0.25) is 0 Å². The van der Waals surface area contributed by atoms with Crippen molar-refractivity contribution in [1.29, 1.82) is 0 Å². The van der Waals surface area contributed by atoms with Crippen LogP contribution in [0.15, 0.2) is 48.5 Å². The second kappa shape index (κ2) is 6.10. The Morgan fingerprint density at radius 2 is 1.95 bits per heavy atom. The van der Waals surface area contributed by atoms with Crippen molar-refractivity contribution in [2.45, 2.75) is 12.8 Å². The minimum atomic E-state index is -0.971. The number of carbonyl (C=O) groups is 1. The molecule has 0 radical (unpaired) electrons. The molecule has 0 saturated heterocycles. The van der Waals surface area contributed by atoms with Crippen LogP contribution in [0.5, 0.6) is 0 Å². The lowest BCUT2D eigenvalue weighted by molar-refractivity contribution is 0.0697. The monoisotopic (exact) mass is 270 g/mol. The Kier molecular flexibility index (Phi) is 4.25. The van der Waals surface area contributed by atoms with Crippen molar-refractivity contribution in [2.24, 2.45) is 0 Å². The zero-order chi connectivity index (χ0) is 14.5. The maximum absolute atomic E-state index is 10.8. The summed E-state index contributed by atoms with van der Waals surface area (Å²) in [7, 11) is 0. The van der Waals surface area contributed by atoms with Gasteiger partial charge in [-0.1, -0.05) is 37.3 Å².